The SMILES string of the molecule is CC(C)(C)OC(=O)N1C(C)(C)OCC1(C)c1nnc(-c2ccc(Sc3cccc(OCc4ccccc4)c3)c(C(F)(F)F)c2)s1. The van der Waals surface area contributed by atoms with Gasteiger partial charge in [-0.2, -0.15) is 13.2 Å². The standard InChI is InChI=1S/C33H34F3N3O4S2/c1-30(2,3)43-29(40)39-31(4,5)42-20-32(39,6)28-38-37-27(45-28)22-15-16-26(25(17-22)33(34,35)36)44-24-14-10-13-23(18-24)41-19-21-11-8-7-9-12-21/h7-18H,19-20H2,1-6H3. The highest BCUT2D eigenvalue weighted by molar-refractivity contribution is 7.99. The predicted molar refractivity (Wildman–Crippen MR) is 167 cm³/mol. The molecule has 45 heavy (non-hydrogen) atoms. The summed E-state index contributed by atoms with van der Waals surface area (Å²) < 4.78 is 60.6. The molecule has 1 atom stereocenters. The topological polar surface area (TPSA) is 73.8 Å². The molecule has 1 unspecified atom stereocenters. The third kappa shape index (κ3) is 7.45. The van der Waals surface area contributed by atoms with E-state index in [0.29, 0.717) is 27.3 Å². The van der Waals surface area contributed by atoms with Crippen molar-refractivity contribution < 1.29 is 32.2 Å². The van der Waals surface area contributed by atoms with Gasteiger partial charge in [0.1, 0.15) is 39.2 Å². The van der Waals surface area contributed by atoms with Gasteiger partial charge < -0.3 is 14.2 Å². The van der Waals surface area contributed by atoms with Gasteiger partial charge in [-0.3, -0.25) is 4.90 Å². The average molecular weight is 658 g/mol. The number of hydrogen-bond donors (Lipinski definition) is 0. The number of rotatable bonds is 7. The molecule has 5 rings (SSSR count). The summed E-state index contributed by atoms with van der Waals surface area (Å²) in [6.07, 6.45) is -5.20. The van der Waals surface area contributed by atoms with Crippen LogP contribution in [0.25, 0.3) is 10.6 Å². The number of benzene rings is 3. The first-order valence-electron chi connectivity index (χ1n) is 14.2. The van der Waals surface area contributed by atoms with Crippen molar-refractivity contribution in [2.75, 3.05) is 6.61 Å². The second-order valence-corrected chi connectivity index (χ2v) is 14.4. The number of alkyl halides is 3. The van der Waals surface area contributed by atoms with E-state index >= 15 is 0 Å². The molecule has 0 bridgehead atoms. The lowest BCUT2D eigenvalue weighted by Gasteiger charge is -2.39. The number of amides is 1. The molecule has 1 aromatic heterocycles. The Morgan fingerprint density at radius 2 is 1.73 bits per heavy atom. The Bertz CT molecular complexity index is 1670. The molecule has 1 aliphatic heterocycles. The highest BCUT2D eigenvalue weighted by atomic mass is 32.2. The summed E-state index contributed by atoms with van der Waals surface area (Å²) in [6.45, 7) is 11.1. The largest absolute Gasteiger partial charge is 0.489 e. The molecule has 4 aromatic rings. The summed E-state index contributed by atoms with van der Waals surface area (Å²) in [7, 11) is 0. The zero-order valence-electron chi connectivity index (χ0n) is 25.8. The van der Waals surface area contributed by atoms with Gasteiger partial charge in [0.15, 0.2) is 0 Å². The van der Waals surface area contributed by atoms with Gasteiger partial charge in [-0.05, 0) is 77.4 Å². The van der Waals surface area contributed by atoms with Crippen LogP contribution in [0, 0.1) is 0 Å². The lowest BCUT2D eigenvalue weighted by atomic mass is 10.0. The number of hydrogen-bond acceptors (Lipinski definition) is 8. The molecule has 3 aromatic carbocycles. The van der Waals surface area contributed by atoms with Gasteiger partial charge in [-0.1, -0.05) is 65.6 Å². The Morgan fingerprint density at radius 1 is 1.00 bits per heavy atom. The zero-order valence-corrected chi connectivity index (χ0v) is 27.4. The summed E-state index contributed by atoms with van der Waals surface area (Å²) >= 11 is 2.12. The smallest absolute Gasteiger partial charge is 0.417 e. The van der Waals surface area contributed by atoms with Gasteiger partial charge in [0, 0.05) is 15.4 Å². The van der Waals surface area contributed by atoms with Crippen LogP contribution in [0.4, 0.5) is 18.0 Å². The summed E-state index contributed by atoms with van der Waals surface area (Å²) in [5.41, 5.74) is -2.33. The number of halogens is 3. The fourth-order valence-corrected chi connectivity index (χ4v) is 6.91. The van der Waals surface area contributed by atoms with Crippen molar-refractivity contribution in [3.8, 4) is 16.3 Å². The molecule has 1 aliphatic rings. The maximum absolute atomic E-state index is 14.4. The van der Waals surface area contributed by atoms with Gasteiger partial charge in [-0.15, -0.1) is 10.2 Å². The van der Waals surface area contributed by atoms with Crippen LogP contribution < -0.4 is 4.74 Å². The maximum atomic E-state index is 14.4. The third-order valence-corrected chi connectivity index (χ3v) is 9.30. The monoisotopic (exact) mass is 657 g/mol. The molecule has 0 radical (unpaired) electrons. The average Bonchev–Trinajstić information content (AvgIpc) is 3.55. The fraction of sp³-hybridized carbons (Fsp3) is 0.364. The molecule has 1 fully saturated rings. The number of ether oxygens (including phenoxy) is 3. The molecule has 0 saturated carbocycles. The van der Waals surface area contributed by atoms with Gasteiger partial charge in [0.2, 0.25) is 0 Å². The Kier molecular flexibility index (Phi) is 8.96. The minimum absolute atomic E-state index is 0.0465. The van der Waals surface area contributed by atoms with Crippen LogP contribution >= 0.6 is 23.1 Å². The summed E-state index contributed by atoms with van der Waals surface area (Å²) in [5.74, 6) is 0.559. The second-order valence-electron chi connectivity index (χ2n) is 12.3. The molecule has 2 heterocycles. The number of carbonyl (C=O) groups is 1. The molecule has 0 aliphatic carbocycles. The molecular weight excluding hydrogens is 624 g/mol. The van der Waals surface area contributed by atoms with Gasteiger partial charge in [-0.25, -0.2) is 4.79 Å². The molecule has 12 heteroatoms. The first-order chi connectivity index (χ1) is 21.0. The quantitative estimate of drug-likeness (QED) is 0.196. The van der Waals surface area contributed by atoms with Crippen molar-refractivity contribution in [2.24, 2.45) is 0 Å². The van der Waals surface area contributed by atoms with Crippen molar-refractivity contribution >= 4 is 29.2 Å². The van der Waals surface area contributed by atoms with Crippen molar-refractivity contribution in [3.63, 3.8) is 0 Å². The van der Waals surface area contributed by atoms with E-state index in [1.165, 1.54) is 11.0 Å². The van der Waals surface area contributed by atoms with E-state index in [2.05, 4.69) is 10.2 Å². The van der Waals surface area contributed by atoms with Crippen LogP contribution in [-0.4, -0.2) is 39.1 Å². The highest BCUT2D eigenvalue weighted by Gasteiger charge is 2.55. The van der Waals surface area contributed by atoms with Crippen LogP contribution in [0.15, 0.2) is 82.6 Å². The molecule has 238 valence electrons. The van der Waals surface area contributed by atoms with E-state index in [1.807, 2.05) is 30.3 Å². The Balaban J connectivity index is 1.40. The van der Waals surface area contributed by atoms with Crippen molar-refractivity contribution in [2.45, 2.75) is 81.0 Å². The lowest BCUT2D eigenvalue weighted by molar-refractivity contribution is -0.139. The third-order valence-electron chi connectivity index (χ3n) is 7.01. The normalized spacial score (nSPS) is 18.2. The van der Waals surface area contributed by atoms with E-state index in [1.54, 1.807) is 71.9 Å². The van der Waals surface area contributed by atoms with E-state index in [9.17, 15) is 18.0 Å². The van der Waals surface area contributed by atoms with E-state index in [-0.39, 0.29) is 17.1 Å². The Morgan fingerprint density at radius 3 is 2.42 bits per heavy atom. The van der Waals surface area contributed by atoms with Crippen LogP contribution in [0.5, 0.6) is 5.75 Å². The number of nitrogens with zero attached hydrogens (tertiary/aromatic N) is 3. The lowest BCUT2D eigenvalue weighted by Crippen LogP contribution is -2.54. The van der Waals surface area contributed by atoms with E-state index in [0.717, 1.165) is 34.7 Å². The molecule has 0 N–H and O–H groups in total. The van der Waals surface area contributed by atoms with Crippen molar-refractivity contribution in [3.05, 3.63) is 88.9 Å². The predicted octanol–water partition coefficient (Wildman–Crippen LogP) is 9.17. The fourth-order valence-electron chi connectivity index (χ4n) is 4.95. The molecule has 1 saturated heterocycles. The minimum atomic E-state index is -4.61. The molecule has 7 nitrogen and oxygen atoms in total. The van der Waals surface area contributed by atoms with Crippen LogP contribution in [0.1, 0.15) is 57.7 Å². The zero-order chi connectivity index (χ0) is 32.6. The number of carbonyl (C=O) groups excluding carboxylic acids is 1. The van der Waals surface area contributed by atoms with Crippen molar-refractivity contribution in [1.82, 2.24) is 15.1 Å². The van der Waals surface area contributed by atoms with Crippen LogP contribution in [-0.2, 0) is 27.8 Å². The first-order valence-corrected chi connectivity index (χ1v) is 15.9. The minimum Gasteiger partial charge on any atom is -0.489 e. The number of aromatic nitrogens is 2. The van der Waals surface area contributed by atoms with Crippen LogP contribution in [0.2, 0.25) is 0 Å². The van der Waals surface area contributed by atoms with Crippen LogP contribution in [0.3, 0.4) is 0 Å². The van der Waals surface area contributed by atoms with Gasteiger partial charge in [0.05, 0.1) is 12.2 Å². The molecule has 1 amide bonds. The summed E-state index contributed by atoms with van der Waals surface area (Å²) in [5, 5.41) is 9.26. The summed E-state index contributed by atoms with van der Waals surface area (Å²) in [4.78, 5) is 15.4. The van der Waals surface area contributed by atoms with Crippen molar-refractivity contribution in [1.29, 1.82) is 0 Å². The molecular formula is C33H34F3N3O4S2. The maximum Gasteiger partial charge on any atom is 0.417 e. The second kappa shape index (κ2) is 12.3. The van der Waals surface area contributed by atoms with Gasteiger partial charge >= 0.3 is 12.3 Å². The van der Waals surface area contributed by atoms with E-state index < -0.39 is 34.7 Å². The van der Waals surface area contributed by atoms with Gasteiger partial charge in [0.25, 0.3) is 0 Å². The highest BCUT2D eigenvalue weighted by Crippen LogP contribution is 2.46. The van der Waals surface area contributed by atoms with E-state index in [4.69, 9.17) is 14.2 Å². The Labute approximate surface area is 268 Å². The first kappa shape index (κ1) is 32.8. The summed E-state index contributed by atoms with van der Waals surface area (Å²) in [6, 6.07) is 20.7. The molecule has 0 spiro atoms. The Hall–Kier alpha value is -3.61.